The maximum Gasteiger partial charge on any atom is 0.124 e. The van der Waals surface area contributed by atoms with Crippen molar-refractivity contribution in [1.82, 2.24) is 9.78 Å². The van der Waals surface area contributed by atoms with E-state index in [0.717, 1.165) is 10.3 Å². The SMILES string of the molecule is CC.Cc1[nH]n(C)c(=S)c1C. The van der Waals surface area contributed by atoms with Crippen molar-refractivity contribution in [1.29, 1.82) is 0 Å². The lowest BCUT2D eigenvalue weighted by Crippen LogP contribution is -1.88. The normalized spacial score (nSPS) is 8.82. The fourth-order valence-corrected chi connectivity index (χ4v) is 0.997. The molecule has 1 aromatic heterocycles. The second-order valence-corrected chi connectivity index (χ2v) is 2.61. The zero-order chi connectivity index (χ0) is 9.02. The van der Waals surface area contributed by atoms with Gasteiger partial charge in [0.2, 0.25) is 0 Å². The molecule has 0 aliphatic rings. The molecule has 1 aromatic rings. The number of nitrogens with zero attached hydrogens (tertiary/aromatic N) is 1. The van der Waals surface area contributed by atoms with Gasteiger partial charge < -0.3 is 5.10 Å². The fourth-order valence-electron chi connectivity index (χ4n) is 0.798. The minimum absolute atomic E-state index is 0.896. The topological polar surface area (TPSA) is 20.7 Å². The van der Waals surface area contributed by atoms with Crippen LogP contribution in [0.3, 0.4) is 0 Å². The van der Waals surface area contributed by atoms with E-state index in [9.17, 15) is 0 Å². The van der Waals surface area contributed by atoms with E-state index in [1.807, 2.05) is 39.4 Å². The number of aryl methyl sites for hydroxylation is 2. The monoisotopic (exact) mass is 172 g/mol. The highest BCUT2D eigenvalue weighted by atomic mass is 32.1. The van der Waals surface area contributed by atoms with E-state index in [0.29, 0.717) is 0 Å². The van der Waals surface area contributed by atoms with Gasteiger partial charge in [-0.2, -0.15) is 0 Å². The molecule has 11 heavy (non-hydrogen) atoms. The maximum absolute atomic E-state index is 5.05. The molecule has 0 radical (unpaired) electrons. The summed E-state index contributed by atoms with van der Waals surface area (Å²) >= 11 is 5.05. The molecule has 0 unspecified atom stereocenters. The van der Waals surface area contributed by atoms with Crippen molar-refractivity contribution < 1.29 is 0 Å². The first kappa shape index (κ1) is 10.4. The Balaban J connectivity index is 0.000000461. The van der Waals surface area contributed by atoms with Gasteiger partial charge in [0, 0.05) is 18.3 Å². The van der Waals surface area contributed by atoms with Gasteiger partial charge in [-0.15, -0.1) is 0 Å². The number of rotatable bonds is 0. The Kier molecular flexibility index (Phi) is 4.11. The summed E-state index contributed by atoms with van der Waals surface area (Å²) in [5.74, 6) is 0. The van der Waals surface area contributed by atoms with Crippen LogP contribution in [0.5, 0.6) is 0 Å². The van der Waals surface area contributed by atoms with Crippen molar-refractivity contribution in [3.05, 3.63) is 15.9 Å². The van der Waals surface area contributed by atoms with Crippen LogP contribution in [0.1, 0.15) is 25.1 Å². The first-order valence-electron chi connectivity index (χ1n) is 3.85. The van der Waals surface area contributed by atoms with Gasteiger partial charge in [-0.05, 0) is 13.8 Å². The van der Waals surface area contributed by atoms with E-state index in [1.165, 1.54) is 5.56 Å². The fraction of sp³-hybridized carbons (Fsp3) is 0.625. The number of H-pyrrole nitrogens is 1. The van der Waals surface area contributed by atoms with Crippen LogP contribution in [0.15, 0.2) is 0 Å². The van der Waals surface area contributed by atoms with Gasteiger partial charge in [-0.3, -0.25) is 4.68 Å². The van der Waals surface area contributed by atoms with Gasteiger partial charge in [0.05, 0.1) is 0 Å². The van der Waals surface area contributed by atoms with Gasteiger partial charge in [0.15, 0.2) is 0 Å². The number of hydrogen-bond acceptors (Lipinski definition) is 1. The molecule has 64 valence electrons. The van der Waals surface area contributed by atoms with E-state index in [4.69, 9.17) is 12.2 Å². The zero-order valence-corrected chi connectivity index (χ0v) is 8.67. The van der Waals surface area contributed by atoms with E-state index >= 15 is 0 Å². The third-order valence-electron chi connectivity index (χ3n) is 1.52. The van der Waals surface area contributed by atoms with E-state index < -0.39 is 0 Å². The van der Waals surface area contributed by atoms with Crippen LogP contribution in [-0.2, 0) is 7.05 Å². The van der Waals surface area contributed by atoms with Crippen LogP contribution in [0.4, 0.5) is 0 Å². The van der Waals surface area contributed by atoms with Crippen molar-refractivity contribution >= 4 is 12.2 Å². The van der Waals surface area contributed by atoms with Gasteiger partial charge >= 0.3 is 0 Å². The van der Waals surface area contributed by atoms with Crippen molar-refractivity contribution in [2.75, 3.05) is 0 Å². The first-order chi connectivity index (χ1) is 5.13. The Bertz CT molecular complexity index is 270. The summed E-state index contributed by atoms with van der Waals surface area (Å²) in [7, 11) is 1.92. The average molecular weight is 172 g/mol. The molecule has 0 aromatic carbocycles. The molecule has 0 saturated carbocycles. The molecule has 0 aliphatic heterocycles. The molecule has 0 amide bonds. The molecular formula is C8H16N2S. The Morgan fingerprint density at radius 2 is 1.73 bits per heavy atom. The molecule has 0 aliphatic carbocycles. The van der Waals surface area contributed by atoms with E-state index in [2.05, 4.69) is 5.10 Å². The van der Waals surface area contributed by atoms with Crippen LogP contribution in [-0.4, -0.2) is 9.78 Å². The Morgan fingerprint density at radius 1 is 1.27 bits per heavy atom. The summed E-state index contributed by atoms with van der Waals surface area (Å²) in [6.45, 7) is 8.04. The second kappa shape index (κ2) is 4.34. The van der Waals surface area contributed by atoms with Gasteiger partial charge in [0.25, 0.3) is 0 Å². The van der Waals surface area contributed by atoms with Crippen LogP contribution in [0.25, 0.3) is 0 Å². The van der Waals surface area contributed by atoms with Gasteiger partial charge in [0.1, 0.15) is 4.64 Å². The molecule has 0 bridgehead atoms. The Labute approximate surface area is 73.2 Å². The highest BCUT2D eigenvalue weighted by molar-refractivity contribution is 7.71. The zero-order valence-electron chi connectivity index (χ0n) is 7.86. The number of aromatic amines is 1. The summed E-state index contributed by atoms with van der Waals surface area (Å²) in [4.78, 5) is 0. The van der Waals surface area contributed by atoms with E-state index in [1.54, 1.807) is 0 Å². The molecular weight excluding hydrogens is 156 g/mol. The number of nitrogens with one attached hydrogen (secondary N) is 1. The average Bonchev–Trinajstić information content (AvgIpc) is 2.22. The molecule has 0 saturated heterocycles. The second-order valence-electron chi connectivity index (χ2n) is 2.23. The lowest BCUT2D eigenvalue weighted by Gasteiger charge is -1.85. The summed E-state index contributed by atoms with van der Waals surface area (Å²) < 4.78 is 2.74. The van der Waals surface area contributed by atoms with Crippen LogP contribution in [0, 0.1) is 18.5 Å². The van der Waals surface area contributed by atoms with Crippen LogP contribution < -0.4 is 0 Å². The summed E-state index contributed by atoms with van der Waals surface area (Å²) in [5.41, 5.74) is 2.33. The Morgan fingerprint density at radius 3 is 1.82 bits per heavy atom. The molecule has 2 nitrogen and oxygen atoms in total. The van der Waals surface area contributed by atoms with Crippen molar-refractivity contribution in [2.45, 2.75) is 27.7 Å². The van der Waals surface area contributed by atoms with Crippen molar-refractivity contribution in [3.63, 3.8) is 0 Å². The third-order valence-corrected chi connectivity index (χ3v) is 2.10. The summed E-state index contributed by atoms with van der Waals surface area (Å²) in [6.07, 6.45) is 0. The smallest absolute Gasteiger partial charge is 0.124 e. The molecule has 0 atom stereocenters. The molecule has 1 N–H and O–H groups in total. The van der Waals surface area contributed by atoms with Gasteiger partial charge in [-0.1, -0.05) is 26.1 Å². The van der Waals surface area contributed by atoms with Crippen LogP contribution in [0.2, 0.25) is 0 Å². The molecule has 1 heterocycles. The minimum Gasteiger partial charge on any atom is -0.302 e. The van der Waals surface area contributed by atoms with Crippen LogP contribution >= 0.6 is 12.2 Å². The van der Waals surface area contributed by atoms with E-state index in [-0.39, 0.29) is 0 Å². The highest BCUT2D eigenvalue weighted by Crippen LogP contribution is 2.04. The lowest BCUT2D eigenvalue weighted by atomic mass is 10.3. The molecule has 0 spiro atoms. The summed E-state index contributed by atoms with van der Waals surface area (Å²) in [6, 6.07) is 0. The number of hydrogen-bond donors (Lipinski definition) is 1. The predicted octanol–water partition coefficient (Wildman–Crippen LogP) is 2.73. The summed E-state index contributed by atoms with van der Waals surface area (Å²) in [5, 5.41) is 3.09. The van der Waals surface area contributed by atoms with Crippen molar-refractivity contribution in [3.8, 4) is 0 Å². The third kappa shape index (κ3) is 2.19. The minimum atomic E-state index is 0.896. The van der Waals surface area contributed by atoms with Crippen molar-refractivity contribution in [2.24, 2.45) is 7.05 Å². The first-order valence-corrected chi connectivity index (χ1v) is 4.26. The van der Waals surface area contributed by atoms with Gasteiger partial charge in [-0.25, -0.2) is 0 Å². The molecule has 0 fully saturated rings. The highest BCUT2D eigenvalue weighted by Gasteiger charge is 1.96. The number of aromatic nitrogens is 2. The largest absolute Gasteiger partial charge is 0.302 e. The molecule has 3 heteroatoms. The predicted molar refractivity (Wildman–Crippen MR) is 51.4 cm³/mol. The lowest BCUT2D eigenvalue weighted by molar-refractivity contribution is 0.746. The standard InChI is InChI=1S/C6H10N2S.C2H6/c1-4-5(2)7-8(3)6(4)9;1-2/h7H,1-3H3;1-2H3. The maximum atomic E-state index is 5.05. The quantitative estimate of drug-likeness (QED) is 0.597. The molecule has 1 rings (SSSR count). The Hall–Kier alpha value is -0.570.